The molecule has 1 unspecified atom stereocenters. The van der Waals surface area contributed by atoms with Gasteiger partial charge in [-0.05, 0) is 49.4 Å². The van der Waals surface area contributed by atoms with Crippen LogP contribution in [0.5, 0.6) is 0 Å². The molecule has 0 bridgehead atoms. The Morgan fingerprint density at radius 3 is 2.62 bits per heavy atom. The van der Waals surface area contributed by atoms with E-state index in [-0.39, 0.29) is 11.8 Å². The lowest BCUT2D eigenvalue weighted by Crippen LogP contribution is -2.34. The largest absolute Gasteiger partial charge is 0.371 e. The molecule has 0 aromatic heterocycles. The number of benzene rings is 1. The molecule has 0 spiro atoms. The second kappa shape index (κ2) is 6.69. The van der Waals surface area contributed by atoms with Crippen molar-refractivity contribution >= 4 is 23.2 Å². The average molecular weight is 307 g/mol. The van der Waals surface area contributed by atoms with Crippen molar-refractivity contribution in [2.45, 2.75) is 32.1 Å². The Kier molecular flexibility index (Phi) is 4.69. The van der Waals surface area contributed by atoms with E-state index in [1.54, 1.807) is 0 Å². The van der Waals surface area contributed by atoms with E-state index in [1.807, 2.05) is 12.1 Å². The summed E-state index contributed by atoms with van der Waals surface area (Å²) in [7, 11) is 0. The van der Waals surface area contributed by atoms with Gasteiger partial charge < -0.3 is 10.2 Å². The summed E-state index contributed by atoms with van der Waals surface area (Å²) in [6.45, 7) is 2.90. The van der Waals surface area contributed by atoms with Crippen molar-refractivity contribution in [1.82, 2.24) is 5.32 Å². The van der Waals surface area contributed by atoms with E-state index in [4.69, 9.17) is 11.6 Å². The molecule has 1 N–H and O–H groups in total. The Bertz CT molecular complexity index is 482. The summed E-state index contributed by atoms with van der Waals surface area (Å²) in [6.07, 6.45) is 5.73. The van der Waals surface area contributed by atoms with E-state index >= 15 is 0 Å². The molecule has 2 aliphatic rings. The van der Waals surface area contributed by atoms with Gasteiger partial charge in [0, 0.05) is 36.3 Å². The molecule has 4 heteroatoms. The number of hydrogen-bond acceptors (Lipinski definition) is 2. The number of carbonyl (C=O) groups excluding carboxylic acids is 1. The van der Waals surface area contributed by atoms with Crippen molar-refractivity contribution in [1.29, 1.82) is 0 Å². The van der Waals surface area contributed by atoms with Gasteiger partial charge in [0.2, 0.25) is 5.91 Å². The smallest absolute Gasteiger partial charge is 0.223 e. The maximum Gasteiger partial charge on any atom is 0.223 e. The zero-order chi connectivity index (χ0) is 14.7. The van der Waals surface area contributed by atoms with Gasteiger partial charge in [-0.1, -0.05) is 24.4 Å². The summed E-state index contributed by atoms with van der Waals surface area (Å²) < 4.78 is 0. The van der Waals surface area contributed by atoms with Gasteiger partial charge in [-0.2, -0.15) is 0 Å². The fraction of sp³-hybridized carbons (Fsp3) is 0.588. The number of hydrogen-bond donors (Lipinski definition) is 1. The molecular formula is C17H23ClN2O. The van der Waals surface area contributed by atoms with Gasteiger partial charge >= 0.3 is 0 Å². The van der Waals surface area contributed by atoms with Gasteiger partial charge in [0.1, 0.15) is 0 Å². The van der Waals surface area contributed by atoms with Crippen LogP contribution in [0, 0.1) is 11.8 Å². The average Bonchev–Trinajstić information content (AvgIpc) is 3.17. The minimum atomic E-state index is 0.275. The first-order chi connectivity index (χ1) is 10.2. The molecule has 0 radical (unpaired) electrons. The lowest BCUT2D eigenvalue weighted by atomic mass is 10.1. The van der Waals surface area contributed by atoms with Gasteiger partial charge in [0.15, 0.2) is 0 Å². The lowest BCUT2D eigenvalue weighted by molar-refractivity contribution is -0.124. The Hall–Kier alpha value is -1.22. The SMILES string of the molecule is O=C(NCC1CCN(c2ccc(Cl)cc2)C1)C1CCCC1. The van der Waals surface area contributed by atoms with E-state index in [0.717, 1.165) is 43.9 Å². The molecule has 21 heavy (non-hydrogen) atoms. The van der Waals surface area contributed by atoms with Crippen molar-refractivity contribution < 1.29 is 4.79 Å². The first-order valence-corrected chi connectivity index (χ1v) is 8.38. The van der Waals surface area contributed by atoms with Crippen LogP contribution in [0.3, 0.4) is 0 Å². The van der Waals surface area contributed by atoms with Gasteiger partial charge in [0.05, 0.1) is 0 Å². The summed E-state index contributed by atoms with van der Waals surface area (Å²) in [4.78, 5) is 14.4. The molecular weight excluding hydrogens is 284 g/mol. The number of halogens is 1. The van der Waals surface area contributed by atoms with Crippen LogP contribution in [0.25, 0.3) is 0 Å². The number of anilines is 1. The van der Waals surface area contributed by atoms with Crippen molar-refractivity contribution in [3.8, 4) is 0 Å². The molecule has 1 aliphatic carbocycles. The zero-order valence-corrected chi connectivity index (χ0v) is 13.1. The second-order valence-corrected chi connectivity index (χ2v) is 6.74. The highest BCUT2D eigenvalue weighted by atomic mass is 35.5. The van der Waals surface area contributed by atoms with Crippen LogP contribution in [-0.4, -0.2) is 25.5 Å². The van der Waals surface area contributed by atoms with Crippen molar-refractivity contribution in [3.05, 3.63) is 29.3 Å². The van der Waals surface area contributed by atoms with Gasteiger partial charge in [-0.15, -0.1) is 0 Å². The van der Waals surface area contributed by atoms with Crippen LogP contribution in [0.2, 0.25) is 5.02 Å². The molecule has 1 amide bonds. The molecule has 1 atom stereocenters. The Morgan fingerprint density at radius 1 is 1.19 bits per heavy atom. The predicted octanol–water partition coefficient (Wildman–Crippen LogP) is 3.47. The molecule has 1 aliphatic heterocycles. The summed E-state index contributed by atoms with van der Waals surface area (Å²) in [5.74, 6) is 1.11. The molecule has 1 aromatic carbocycles. The Morgan fingerprint density at radius 2 is 1.90 bits per heavy atom. The molecule has 114 valence electrons. The zero-order valence-electron chi connectivity index (χ0n) is 12.4. The molecule has 1 saturated carbocycles. The monoisotopic (exact) mass is 306 g/mol. The summed E-state index contributed by atoms with van der Waals surface area (Å²) in [5, 5.41) is 3.94. The highest BCUT2D eigenvalue weighted by molar-refractivity contribution is 6.30. The summed E-state index contributed by atoms with van der Waals surface area (Å²) in [5.41, 5.74) is 1.23. The van der Waals surface area contributed by atoms with Crippen LogP contribution < -0.4 is 10.2 Å². The van der Waals surface area contributed by atoms with Crippen LogP contribution in [0.1, 0.15) is 32.1 Å². The summed E-state index contributed by atoms with van der Waals surface area (Å²) in [6, 6.07) is 8.02. The molecule has 2 fully saturated rings. The molecule has 3 rings (SSSR count). The third-order valence-corrected chi connectivity index (χ3v) is 5.02. The van der Waals surface area contributed by atoms with Crippen LogP contribution in [0.15, 0.2) is 24.3 Å². The van der Waals surface area contributed by atoms with Crippen LogP contribution in [0.4, 0.5) is 5.69 Å². The number of rotatable bonds is 4. The lowest BCUT2D eigenvalue weighted by Gasteiger charge is -2.19. The van der Waals surface area contributed by atoms with E-state index in [2.05, 4.69) is 22.3 Å². The molecule has 1 saturated heterocycles. The molecule has 1 heterocycles. The van der Waals surface area contributed by atoms with Crippen LogP contribution >= 0.6 is 11.6 Å². The predicted molar refractivity (Wildman–Crippen MR) is 86.7 cm³/mol. The van der Waals surface area contributed by atoms with Gasteiger partial charge in [-0.25, -0.2) is 0 Å². The van der Waals surface area contributed by atoms with Gasteiger partial charge in [0.25, 0.3) is 0 Å². The third-order valence-electron chi connectivity index (χ3n) is 4.77. The molecule has 1 aromatic rings. The highest BCUT2D eigenvalue weighted by Crippen LogP contribution is 2.26. The maximum atomic E-state index is 12.1. The Balaban J connectivity index is 1.46. The van der Waals surface area contributed by atoms with E-state index in [9.17, 15) is 4.79 Å². The fourth-order valence-electron chi connectivity index (χ4n) is 3.46. The normalized spacial score (nSPS) is 22.7. The summed E-state index contributed by atoms with van der Waals surface area (Å²) >= 11 is 5.93. The molecule has 3 nitrogen and oxygen atoms in total. The van der Waals surface area contributed by atoms with Crippen molar-refractivity contribution in [2.24, 2.45) is 11.8 Å². The van der Waals surface area contributed by atoms with Gasteiger partial charge in [-0.3, -0.25) is 4.79 Å². The number of nitrogens with one attached hydrogen (secondary N) is 1. The highest BCUT2D eigenvalue weighted by Gasteiger charge is 2.26. The minimum Gasteiger partial charge on any atom is -0.371 e. The fourth-order valence-corrected chi connectivity index (χ4v) is 3.59. The maximum absolute atomic E-state index is 12.1. The van der Waals surface area contributed by atoms with Crippen molar-refractivity contribution in [3.63, 3.8) is 0 Å². The third kappa shape index (κ3) is 3.70. The number of nitrogens with zero attached hydrogens (tertiary/aromatic N) is 1. The first kappa shape index (κ1) is 14.7. The second-order valence-electron chi connectivity index (χ2n) is 6.30. The standard InChI is InChI=1S/C17H23ClN2O/c18-15-5-7-16(8-6-15)20-10-9-13(12-20)11-19-17(21)14-3-1-2-4-14/h5-8,13-14H,1-4,9-12H2,(H,19,21). The number of amides is 1. The number of carbonyl (C=O) groups is 1. The van der Waals surface area contributed by atoms with E-state index in [0.29, 0.717) is 5.92 Å². The quantitative estimate of drug-likeness (QED) is 0.924. The minimum absolute atomic E-state index is 0.275. The first-order valence-electron chi connectivity index (χ1n) is 8.00. The van der Waals surface area contributed by atoms with Crippen molar-refractivity contribution in [2.75, 3.05) is 24.5 Å². The van der Waals surface area contributed by atoms with Crippen LogP contribution in [-0.2, 0) is 4.79 Å². The van der Waals surface area contributed by atoms with E-state index < -0.39 is 0 Å². The topological polar surface area (TPSA) is 32.3 Å². The Labute approximate surface area is 131 Å². The van der Waals surface area contributed by atoms with E-state index in [1.165, 1.54) is 18.5 Å².